The van der Waals surface area contributed by atoms with Crippen LogP contribution in [0.4, 0.5) is 5.13 Å². The number of hydrogen-bond acceptors (Lipinski definition) is 6. The Morgan fingerprint density at radius 2 is 1.94 bits per heavy atom. The zero-order chi connectivity index (χ0) is 22.9. The normalized spacial score (nSPS) is 17.7. The highest BCUT2D eigenvalue weighted by atomic mass is 32.2. The average Bonchev–Trinajstić information content (AvgIpc) is 3.37. The van der Waals surface area contributed by atoms with Crippen LogP contribution < -0.4 is 4.48 Å². The van der Waals surface area contributed by atoms with E-state index in [4.69, 9.17) is 0 Å². The van der Waals surface area contributed by atoms with Gasteiger partial charge in [-0.2, -0.15) is 4.98 Å². The van der Waals surface area contributed by atoms with E-state index in [9.17, 15) is 18.0 Å². The van der Waals surface area contributed by atoms with Crippen LogP contribution in [0.2, 0.25) is 0 Å². The van der Waals surface area contributed by atoms with Crippen LogP contribution in [0, 0.1) is 12.8 Å². The number of benzene rings is 1. The van der Waals surface area contributed by atoms with E-state index in [0.717, 1.165) is 40.8 Å². The van der Waals surface area contributed by atoms with Crippen LogP contribution in [-0.4, -0.2) is 56.5 Å². The molecule has 1 aromatic heterocycles. The number of fused-ring (bicyclic) bond motifs is 1. The molecule has 31 heavy (non-hydrogen) atoms. The predicted octanol–water partition coefficient (Wildman–Crippen LogP) is 3.39. The maximum absolute atomic E-state index is 13.2. The van der Waals surface area contributed by atoms with E-state index in [1.807, 2.05) is 24.8 Å². The second kappa shape index (κ2) is 7.21. The third kappa shape index (κ3) is 3.72. The molecule has 0 saturated heterocycles. The van der Waals surface area contributed by atoms with Gasteiger partial charge in [-0.05, 0) is 55.9 Å². The Morgan fingerprint density at radius 1 is 1.29 bits per heavy atom. The van der Waals surface area contributed by atoms with Crippen molar-refractivity contribution in [1.82, 2.24) is 14.4 Å². The highest BCUT2D eigenvalue weighted by Crippen LogP contribution is 2.43. The molecule has 1 aliphatic heterocycles. The Hall–Kier alpha value is -2.10. The number of rotatable bonds is 5. The van der Waals surface area contributed by atoms with Crippen molar-refractivity contribution in [2.24, 2.45) is 5.92 Å². The van der Waals surface area contributed by atoms with Crippen molar-refractivity contribution >= 4 is 38.1 Å². The van der Waals surface area contributed by atoms with Gasteiger partial charge in [0.15, 0.2) is 9.84 Å². The van der Waals surface area contributed by atoms with Gasteiger partial charge in [-0.15, -0.1) is 0 Å². The first-order valence-corrected chi connectivity index (χ1v) is 13.0. The number of quaternary nitrogens is 1. The zero-order valence-electron chi connectivity index (χ0n) is 18.7. The molecule has 0 unspecified atom stereocenters. The van der Waals surface area contributed by atoms with Gasteiger partial charge in [0, 0.05) is 18.8 Å². The van der Waals surface area contributed by atoms with Gasteiger partial charge in [-0.3, -0.25) is 4.79 Å². The van der Waals surface area contributed by atoms with Gasteiger partial charge in [-0.25, -0.2) is 17.7 Å². The molecule has 0 radical (unpaired) electrons. The molecule has 0 spiro atoms. The number of amides is 2. The number of sulfone groups is 1. The minimum absolute atomic E-state index is 0.0144. The van der Waals surface area contributed by atoms with Crippen molar-refractivity contribution in [2.45, 2.75) is 51.1 Å². The molecule has 1 atom stereocenters. The first kappa shape index (κ1) is 22.1. The standard InChI is InChI=1S/C22H28N3O4S2/c1-12-20(30-22(23-12)25(4,5)14(3)26)16-9-17-11-24(13(2)15-7-8-15)21(27)19(17)18(10-16)31(6,28)29/h9-10,13,15H,7-8,11H2,1-6H3/q+1/t13-/m0/s1. The molecule has 166 valence electrons. The Balaban J connectivity index is 1.85. The molecule has 9 heteroatoms. The van der Waals surface area contributed by atoms with Crippen molar-refractivity contribution in [3.05, 3.63) is 29.0 Å². The van der Waals surface area contributed by atoms with Gasteiger partial charge in [0.2, 0.25) is 0 Å². The monoisotopic (exact) mass is 462 g/mol. The van der Waals surface area contributed by atoms with Crippen LogP contribution in [0.1, 0.15) is 48.3 Å². The number of nitrogens with zero attached hydrogens (tertiary/aromatic N) is 3. The Kier molecular flexibility index (Phi) is 5.14. The van der Waals surface area contributed by atoms with Crippen LogP contribution in [-0.2, 0) is 21.2 Å². The van der Waals surface area contributed by atoms with Gasteiger partial charge in [-0.1, -0.05) is 11.3 Å². The summed E-state index contributed by atoms with van der Waals surface area (Å²) in [5, 5.41) is 0.640. The largest absolute Gasteiger partial charge is 0.331 e. The van der Waals surface area contributed by atoms with Gasteiger partial charge in [0.1, 0.15) is 0 Å². The highest BCUT2D eigenvalue weighted by Gasteiger charge is 2.41. The maximum Gasteiger partial charge on any atom is 0.317 e. The Morgan fingerprint density at radius 3 is 2.48 bits per heavy atom. The lowest BCUT2D eigenvalue weighted by Crippen LogP contribution is -2.44. The SMILES string of the molecule is CC(=O)[N+](C)(C)c1nc(C)c(-c2cc3c(c(S(C)(=O)=O)c2)C(=O)N([C@@H](C)C2CC2)C3)s1. The summed E-state index contributed by atoms with van der Waals surface area (Å²) < 4.78 is 25.3. The van der Waals surface area contributed by atoms with Gasteiger partial charge in [0.25, 0.3) is 11.0 Å². The zero-order valence-corrected chi connectivity index (χ0v) is 20.4. The topological polar surface area (TPSA) is 84.4 Å². The van der Waals surface area contributed by atoms with E-state index in [1.54, 1.807) is 20.2 Å². The number of aromatic nitrogens is 1. The van der Waals surface area contributed by atoms with Crippen LogP contribution in [0.25, 0.3) is 10.4 Å². The molecule has 2 heterocycles. The lowest BCUT2D eigenvalue weighted by atomic mass is 10.0. The van der Waals surface area contributed by atoms with Gasteiger partial charge in [0.05, 0.1) is 42.0 Å². The average molecular weight is 463 g/mol. The molecular weight excluding hydrogens is 434 g/mol. The molecule has 1 aromatic carbocycles. The molecule has 4 rings (SSSR count). The predicted molar refractivity (Wildman–Crippen MR) is 122 cm³/mol. The van der Waals surface area contributed by atoms with Crippen molar-refractivity contribution in [3.8, 4) is 10.4 Å². The third-order valence-corrected chi connectivity index (χ3v) is 9.09. The van der Waals surface area contributed by atoms with E-state index < -0.39 is 9.84 Å². The fourth-order valence-corrected chi connectivity index (χ4v) is 6.13. The molecule has 1 aliphatic carbocycles. The first-order valence-electron chi connectivity index (χ1n) is 10.3. The molecule has 1 fully saturated rings. The molecular formula is C22H28N3O4S2+. The van der Waals surface area contributed by atoms with Crippen LogP contribution in [0.5, 0.6) is 0 Å². The summed E-state index contributed by atoms with van der Waals surface area (Å²) in [6.07, 6.45) is 3.37. The van der Waals surface area contributed by atoms with Crippen LogP contribution in [0.15, 0.2) is 17.0 Å². The molecule has 2 aliphatic rings. The van der Waals surface area contributed by atoms with Crippen LogP contribution in [0.3, 0.4) is 0 Å². The van der Waals surface area contributed by atoms with Crippen LogP contribution >= 0.6 is 11.3 Å². The molecule has 0 N–H and O–H groups in total. The second-order valence-electron chi connectivity index (χ2n) is 9.18. The minimum atomic E-state index is -3.61. The highest BCUT2D eigenvalue weighted by molar-refractivity contribution is 7.90. The lowest BCUT2D eigenvalue weighted by molar-refractivity contribution is -0.125. The summed E-state index contributed by atoms with van der Waals surface area (Å²) in [4.78, 5) is 32.5. The van der Waals surface area contributed by atoms with E-state index in [2.05, 4.69) is 4.98 Å². The fraction of sp³-hybridized carbons (Fsp3) is 0.500. The van der Waals surface area contributed by atoms with Gasteiger partial charge < -0.3 is 4.90 Å². The third-order valence-electron chi connectivity index (χ3n) is 6.51. The summed E-state index contributed by atoms with van der Waals surface area (Å²) in [6.45, 7) is 5.84. The molecule has 1 saturated carbocycles. The van der Waals surface area contributed by atoms with E-state index >= 15 is 0 Å². The van der Waals surface area contributed by atoms with E-state index in [-0.39, 0.29) is 27.2 Å². The van der Waals surface area contributed by atoms with Gasteiger partial charge >= 0.3 is 5.91 Å². The Labute approximate surface area is 187 Å². The van der Waals surface area contributed by atoms with E-state index in [0.29, 0.717) is 23.2 Å². The maximum atomic E-state index is 13.2. The van der Waals surface area contributed by atoms with E-state index in [1.165, 1.54) is 18.3 Å². The molecule has 2 aromatic rings. The second-order valence-corrected chi connectivity index (χ2v) is 12.1. The molecule has 0 bridgehead atoms. The number of thiazole rings is 1. The minimum Gasteiger partial charge on any atom is -0.331 e. The summed E-state index contributed by atoms with van der Waals surface area (Å²) >= 11 is 1.38. The quantitative estimate of drug-likeness (QED) is 0.636. The lowest BCUT2D eigenvalue weighted by Gasteiger charge is -2.24. The number of aryl methyl sites for hydroxylation is 1. The summed E-state index contributed by atoms with van der Waals surface area (Å²) in [6, 6.07) is 3.61. The molecule has 2 amide bonds. The van der Waals surface area contributed by atoms with Crippen molar-refractivity contribution in [2.75, 3.05) is 20.4 Å². The fourth-order valence-electron chi connectivity index (χ4n) is 4.05. The Bertz CT molecular complexity index is 1210. The number of carbonyl (C=O) groups excluding carboxylic acids is 2. The number of carbonyl (C=O) groups is 2. The van der Waals surface area contributed by atoms with Crippen molar-refractivity contribution < 1.29 is 18.0 Å². The van der Waals surface area contributed by atoms with Crippen molar-refractivity contribution in [1.29, 1.82) is 0 Å². The molecule has 7 nitrogen and oxygen atoms in total. The number of hydrogen-bond donors (Lipinski definition) is 0. The summed E-state index contributed by atoms with van der Waals surface area (Å²) in [7, 11) is -0.0493. The van der Waals surface area contributed by atoms with Crippen molar-refractivity contribution in [3.63, 3.8) is 0 Å². The smallest absolute Gasteiger partial charge is 0.317 e. The first-order chi connectivity index (χ1) is 14.3. The summed E-state index contributed by atoms with van der Waals surface area (Å²) in [5.41, 5.74) is 2.50. The summed E-state index contributed by atoms with van der Waals surface area (Å²) in [5.74, 6) is 0.260.